The normalized spacial score (nSPS) is 15.2. The van der Waals surface area contributed by atoms with Crippen LogP contribution in [0.2, 0.25) is 0 Å². The van der Waals surface area contributed by atoms with Gasteiger partial charge in [-0.05, 0) is 31.9 Å². The van der Waals surface area contributed by atoms with Crippen molar-refractivity contribution in [3.05, 3.63) is 70.3 Å². The highest BCUT2D eigenvalue weighted by Crippen LogP contribution is 2.44. The van der Waals surface area contributed by atoms with Gasteiger partial charge in [0.05, 0.1) is 13.0 Å². The van der Waals surface area contributed by atoms with E-state index in [1.165, 1.54) is 0 Å². The molecular weight excluding hydrogens is 316 g/mol. The molecule has 2 aromatic rings. The summed E-state index contributed by atoms with van der Waals surface area (Å²) in [6, 6.07) is 12.4. The number of Topliss-reactive ketones (excluding diaryl/α,β-unsaturated/α-hetero) is 2. The van der Waals surface area contributed by atoms with Crippen LogP contribution in [0.1, 0.15) is 50.8 Å². The summed E-state index contributed by atoms with van der Waals surface area (Å²) in [7, 11) is 0. The van der Waals surface area contributed by atoms with Crippen molar-refractivity contribution in [3.63, 3.8) is 0 Å². The lowest BCUT2D eigenvalue weighted by Gasteiger charge is -2.27. The summed E-state index contributed by atoms with van der Waals surface area (Å²) in [6.07, 6.45) is -0.280. The number of aryl methyl sites for hydroxylation is 2. The van der Waals surface area contributed by atoms with Crippen LogP contribution in [-0.4, -0.2) is 24.1 Å². The van der Waals surface area contributed by atoms with E-state index in [0.717, 1.165) is 11.1 Å². The third kappa shape index (κ3) is 2.58. The number of benzene rings is 2. The molecule has 4 nitrogen and oxygen atoms in total. The first kappa shape index (κ1) is 17.1. The van der Waals surface area contributed by atoms with E-state index in [-0.39, 0.29) is 24.6 Å². The molecule has 0 bridgehead atoms. The minimum Gasteiger partial charge on any atom is -0.466 e. The van der Waals surface area contributed by atoms with E-state index in [0.29, 0.717) is 16.7 Å². The second kappa shape index (κ2) is 6.28. The third-order valence-electron chi connectivity index (χ3n) is 4.76. The Kier molecular flexibility index (Phi) is 4.29. The molecule has 0 spiro atoms. The summed E-state index contributed by atoms with van der Waals surface area (Å²) in [5.74, 6) is -1.19. The molecular formula is C21H20O4. The Hall–Kier alpha value is -2.75. The van der Waals surface area contributed by atoms with Crippen molar-refractivity contribution in [1.82, 2.24) is 0 Å². The second-order valence-electron chi connectivity index (χ2n) is 6.41. The van der Waals surface area contributed by atoms with E-state index in [1.54, 1.807) is 31.2 Å². The Bertz CT molecular complexity index is 844. The molecule has 0 aromatic heterocycles. The van der Waals surface area contributed by atoms with Crippen LogP contribution < -0.4 is 0 Å². The van der Waals surface area contributed by atoms with Crippen molar-refractivity contribution >= 4 is 17.5 Å². The van der Waals surface area contributed by atoms with E-state index in [9.17, 15) is 14.4 Å². The van der Waals surface area contributed by atoms with E-state index < -0.39 is 11.4 Å². The van der Waals surface area contributed by atoms with Gasteiger partial charge in [-0.2, -0.15) is 0 Å². The van der Waals surface area contributed by atoms with Crippen molar-refractivity contribution in [2.75, 3.05) is 6.61 Å². The van der Waals surface area contributed by atoms with Crippen molar-refractivity contribution < 1.29 is 19.1 Å². The van der Waals surface area contributed by atoms with Crippen LogP contribution in [0, 0.1) is 13.8 Å². The fraction of sp³-hybridized carbons (Fsp3) is 0.286. The lowest BCUT2D eigenvalue weighted by atomic mass is 9.71. The van der Waals surface area contributed by atoms with Gasteiger partial charge < -0.3 is 4.74 Å². The summed E-state index contributed by atoms with van der Waals surface area (Å²) < 4.78 is 5.07. The zero-order chi connectivity index (χ0) is 18.2. The Morgan fingerprint density at radius 2 is 1.60 bits per heavy atom. The molecule has 0 saturated carbocycles. The Balaban J connectivity index is 2.25. The molecule has 0 heterocycles. The second-order valence-corrected chi connectivity index (χ2v) is 6.41. The number of carbonyl (C=O) groups excluding carboxylic acids is 3. The van der Waals surface area contributed by atoms with Gasteiger partial charge in [-0.25, -0.2) is 0 Å². The summed E-state index contributed by atoms with van der Waals surface area (Å²) in [5, 5.41) is 0. The number of ether oxygens (including phenoxy) is 1. The van der Waals surface area contributed by atoms with E-state index in [1.807, 2.05) is 32.0 Å². The van der Waals surface area contributed by atoms with Crippen LogP contribution >= 0.6 is 0 Å². The van der Waals surface area contributed by atoms with E-state index in [2.05, 4.69) is 0 Å². The van der Waals surface area contributed by atoms with Crippen LogP contribution in [0.4, 0.5) is 0 Å². The van der Waals surface area contributed by atoms with Gasteiger partial charge in [0.1, 0.15) is 5.41 Å². The number of hydrogen-bond acceptors (Lipinski definition) is 4. The number of rotatable bonds is 4. The first-order valence-corrected chi connectivity index (χ1v) is 8.33. The molecule has 0 N–H and O–H groups in total. The first-order chi connectivity index (χ1) is 11.9. The number of esters is 1. The standard InChI is InChI=1S/C21H20O4/c1-4-25-18(22)12-21(17-11-13(2)9-10-14(17)3)19(23)15-7-5-6-8-16(15)20(21)24/h5-11H,4,12H2,1-3H3. The predicted molar refractivity (Wildman–Crippen MR) is 93.9 cm³/mol. The van der Waals surface area contributed by atoms with Crippen LogP contribution in [0.25, 0.3) is 0 Å². The van der Waals surface area contributed by atoms with Gasteiger partial charge in [-0.3, -0.25) is 14.4 Å². The Labute approximate surface area is 146 Å². The quantitative estimate of drug-likeness (QED) is 0.632. The Morgan fingerprint density at radius 1 is 1.00 bits per heavy atom. The highest BCUT2D eigenvalue weighted by molar-refractivity contribution is 6.34. The molecule has 4 heteroatoms. The average molecular weight is 336 g/mol. The SMILES string of the molecule is CCOC(=O)CC1(c2cc(C)ccc2C)C(=O)c2ccccc2C1=O. The molecule has 0 aliphatic heterocycles. The topological polar surface area (TPSA) is 60.4 Å². The van der Waals surface area contributed by atoms with Gasteiger partial charge in [0.15, 0.2) is 11.6 Å². The molecule has 0 radical (unpaired) electrons. The highest BCUT2D eigenvalue weighted by atomic mass is 16.5. The molecule has 0 atom stereocenters. The maximum absolute atomic E-state index is 13.3. The van der Waals surface area contributed by atoms with Crippen molar-refractivity contribution in [1.29, 1.82) is 0 Å². The fourth-order valence-corrected chi connectivity index (χ4v) is 3.57. The average Bonchev–Trinajstić information content (AvgIpc) is 2.80. The summed E-state index contributed by atoms with van der Waals surface area (Å²) in [5.41, 5.74) is 1.54. The molecule has 0 fully saturated rings. The summed E-state index contributed by atoms with van der Waals surface area (Å²) in [6.45, 7) is 5.66. The molecule has 0 saturated heterocycles. The maximum atomic E-state index is 13.3. The van der Waals surface area contributed by atoms with Gasteiger partial charge >= 0.3 is 5.97 Å². The molecule has 1 aliphatic rings. The molecule has 0 amide bonds. The van der Waals surface area contributed by atoms with Crippen LogP contribution in [0.5, 0.6) is 0 Å². The Morgan fingerprint density at radius 3 is 2.16 bits per heavy atom. The molecule has 0 unspecified atom stereocenters. The minimum absolute atomic E-state index is 0.205. The van der Waals surface area contributed by atoms with Crippen LogP contribution in [-0.2, 0) is 14.9 Å². The molecule has 2 aromatic carbocycles. The molecule has 1 aliphatic carbocycles. The maximum Gasteiger partial charge on any atom is 0.307 e. The minimum atomic E-state index is -1.54. The van der Waals surface area contributed by atoms with E-state index in [4.69, 9.17) is 4.74 Å². The van der Waals surface area contributed by atoms with E-state index >= 15 is 0 Å². The fourth-order valence-electron chi connectivity index (χ4n) is 3.57. The largest absolute Gasteiger partial charge is 0.466 e. The number of fused-ring (bicyclic) bond motifs is 1. The van der Waals surface area contributed by atoms with Gasteiger partial charge in [-0.1, -0.05) is 48.0 Å². The van der Waals surface area contributed by atoms with Crippen molar-refractivity contribution in [3.8, 4) is 0 Å². The highest BCUT2D eigenvalue weighted by Gasteiger charge is 2.56. The van der Waals surface area contributed by atoms with Crippen molar-refractivity contribution in [2.45, 2.75) is 32.6 Å². The summed E-state index contributed by atoms with van der Waals surface area (Å²) in [4.78, 5) is 38.9. The van der Waals surface area contributed by atoms with Gasteiger partial charge in [0, 0.05) is 11.1 Å². The summed E-state index contributed by atoms with van der Waals surface area (Å²) >= 11 is 0. The monoisotopic (exact) mass is 336 g/mol. The number of carbonyl (C=O) groups is 3. The first-order valence-electron chi connectivity index (χ1n) is 8.33. The lowest BCUT2D eigenvalue weighted by Crippen LogP contribution is -2.41. The molecule has 25 heavy (non-hydrogen) atoms. The zero-order valence-corrected chi connectivity index (χ0v) is 14.6. The van der Waals surface area contributed by atoms with Crippen LogP contribution in [0.3, 0.4) is 0 Å². The van der Waals surface area contributed by atoms with Gasteiger partial charge in [0.2, 0.25) is 0 Å². The van der Waals surface area contributed by atoms with Gasteiger partial charge in [0.25, 0.3) is 0 Å². The molecule has 128 valence electrons. The zero-order valence-electron chi connectivity index (χ0n) is 14.6. The van der Waals surface area contributed by atoms with Gasteiger partial charge in [-0.15, -0.1) is 0 Å². The number of ketones is 2. The number of hydrogen-bond donors (Lipinski definition) is 0. The van der Waals surface area contributed by atoms with Crippen molar-refractivity contribution in [2.24, 2.45) is 0 Å². The predicted octanol–water partition coefficient (Wildman–Crippen LogP) is 3.57. The lowest BCUT2D eigenvalue weighted by molar-refractivity contribution is -0.143. The smallest absolute Gasteiger partial charge is 0.307 e. The van der Waals surface area contributed by atoms with Crippen LogP contribution in [0.15, 0.2) is 42.5 Å². The molecule has 3 rings (SSSR count). The third-order valence-corrected chi connectivity index (χ3v) is 4.76.